The highest BCUT2D eigenvalue weighted by Gasteiger charge is 2.29. The number of benzene rings is 1. The predicted octanol–water partition coefficient (Wildman–Crippen LogP) is 2.83. The third-order valence-electron chi connectivity index (χ3n) is 4.51. The molecule has 0 aliphatic heterocycles. The molecule has 128 valence electrons. The Morgan fingerprint density at radius 3 is 2.57 bits per heavy atom. The van der Waals surface area contributed by atoms with Crippen LogP contribution in [-0.4, -0.2) is 26.1 Å². The Bertz CT molecular complexity index is 639. The van der Waals surface area contributed by atoms with E-state index >= 15 is 0 Å². The first kappa shape index (κ1) is 17.9. The number of amides is 1. The summed E-state index contributed by atoms with van der Waals surface area (Å²) in [7, 11) is -3.74. The Hall–Kier alpha value is -1.43. The van der Waals surface area contributed by atoms with E-state index in [-0.39, 0.29) is 5.56 Å². The van der Waals surface area contributed by atoms with Gasteiger partial charge in [-0.2, -0.15) is 0 Å². The molecule has 0 heterocycles. The standard InChI is InChI=1S/C17H24FNO3S/c1-13(17(20)19-11-14-7-3-2-4-8-14)23(21,22)12-15-9-5-6-10-16(15)18/h5-6,9-10,13-14H,2-4,7-8,11-12H2,1H3,(H,19,20). The molecule has 1 fully saturated rings. The van der Waals surface area contributed by atoms with Crippen LogP contribution in [0.25, 0.3) is 0 Å². The summed E-state index contributed by atoms with van der Waals surface area (Å²) in [4.78, 5) is 12.1. The molecule has 1 aliphatic carbocycles. The zero-order valence-electron chi connectivity index (χ0n) is 13.4. The minimum Gasteiger partial charge on any atom is -0.355 e. The molecule has 1 aromatic carbocycles. The number of hydrogen-bond donors (Lipinski definition) is 1. The summed E-state index contributed by atoms with van der Waals surface area (Å²) in [6.07, 6.45) is 5.73. The Balaban J connectivity index is 1.93. The molecule has 23 heavy (non-hydrogen) atoms. The molecule has 4 nitrogen and oxygen atoms in total. The van der Waals surface area contributed by atoms with Crippen molar-refractivity contribution in [2.45, 2.75) is 50.0 Å². The smallest absolute Gasteiger partial charge is 0.238 e. The number of hydrogen-bond acceptors (Lipinski definition) is 3. The molecule has 1 N–H and O–H groups in total. The molecule has 1 atom stereocenters. The number of carbonyl (C=O) groups is 1. The summed E-state index contributed by atoms with van der Waals surface area (Å²) >= 11 is 0. The number of nitrogens with one attached hydrogen (secondary N) is 1. The first-order valence-electron chi connectivity index (χ1n) is 8.13. The van der Waals surface area contributed by atoms with Crippen LogP contribution in [0.4, 0.5) is 4.39 Å². The van der Waals surface area contributed by atoms with Crippen molar-refractivity contribution < 1.29 is 17.6 Å². The van der Waals surface area contributed by atoms with Crippen molar-refractivity contribution in [2.24, 2.45) is 5.92 Å². The lowest BCUT2D eigenvalue weighted by Gasteiger charge is -2.22. The van der Waals surface area contributed by atoms with E-state index in [1.165, 1.54) is 44.4 Å². The zero-order valence-corrected chi connectivity index (χ0v) is 14.2. The largest absolute Gasteiger partial charge is 0.355 e. The van der Waals surface area contributed by atoms with Crippen molar-refractivity contribution >= 4 is 15.7 Å². The molecule has 0 saturated heterocycles. The van der Waals surface area contributed by atoms with Gasteiger partial charge in [0.1, 0.15) is 11.1 Å². The summed E-state index contributed by atoms with van der Waals surface area (Å²) in [6, 6.07) is 5.74. The fourth-order valence-electron chi connectivity index (χ4n) is 2.90. The van der Waals surface area contributed by atoms with Gasteiger partial charge in [-0.15, -0.1) is 0 Å². The molecule has 0 aromatic heterocycles. The Morgan fingerprint density at radius 1 is 1.26 bits per heavy atom. The fourth-order valence-corrected chi connectivity index (χ4v) is 4.23. The van der Waals surface area contributed by atoms with Gasteiger partial charge in [0.2, 0.25) is 5.91 Å². The van der Waals surface area contributed by atoms with Gasteiger partial charge in [-0.3, -0.25) is 4.79 Å². The highest BCUT2D eigenvalue weighted by molar-refractivity contribution is 7.92. The second-order valence-corrected chi connectivity index (χ2v) is 8.61. The van der Waals surface area contributed by atoms with Crippen LogP contribution in [0.3, 0.4) is 0 Å². The molecule has 6 heteroatoms. The quantitative estimate of drug-likeness (QED) is 0.865. The summed E-state index contributed by atoms with van der Waals surface area (Å²) in [5.41, 5.74) is 0.0967. The third kappa shape index (κ3) is 5.03. The number of rotatable bonds is 6. The van der Waals surface area contributed by atoms with Crippen LogP contribution in [0, 0.1) is 11.7 Å². The van der Waals surface area contributed by atoms with Gasteiger partial charge >= 0.3 is 0 Å². The number of sulfone groups is 1. The van der Waals surface area contributed by atoms with Gasteiger partial charge in [-0.1, -0.05) is 37.5 Å². The van der Waals surface area contributed by atoms with Crippen molar-refractivity contribution in [1.29, 1.82) is 0 Å². The molecule has 1 aliphatic rings. The maximum absolute atomic E-state index is 13.6. The lowest BCUT2D eigenvalue weighted by Crippen LogP contribution is -2.40. The molecular formula is C17H24FNO3S. The Labute approximate surface area is 137 Å². The first-order chi connectivity index (χ1) is 10.9. The number of carbonyl (C=O) groups excluding carboxylic acids is 1. The summed E-state index contributed by atoms with van der Waals surface area (Å²) in [5.74, 6) is -1.08. The van der Waals surface area contributed by atoms with E-state index in [1.807, 2.05) is 0 Å². The summed E-state index contributed by atoms with van der Waals surface area (Å²) in [6.45, 7) is 1.89. The van der Waals surface area contributed by atoms with Gasteiger partial charge in [0, 0.05) is 12.1 Å². The van der Waals surface area contributed by atoms with Gasteiger partial charge in [0.25, 0.3) is 0 Å². The lowest BCUT2D eigenvalue weighted by atomic mass is 9.89. The van der Waals surface area contributed by atoms with Gasteiger partial charge < -0.3 is 5.32 Å². The van der Waals surface area contributed by atoms with E-state index in [1.54, 1.807) is 6.07 Å². The molecular weight excluding hydrogens is 317 g/mol. The highest BCUT2D eigenvalue weighted by atomic mass is 32.2. The molecule has 0 radical (unpaired) electrons. The third-order valence-corrected chi connectivity index (χ3v) is 6.52. The maximum Gasteiger partial charge on any atom is 0.238 e. The second kappa shape index (κ2) is 7.90. The molecule has 0 spiro atoms. The van der Waals surface area contributed by atoms with Crippen molar-refractivity contribution in [3.05, 3.63) is 35.6 Å². The molecule has 1 aromatic rings. The van der Waals surface area contributed by atoms with Crippen LogP contribution < -0.4 is 5.32 Å². The van der Waals surface area contributed by atoms with Crippen LogP contribution in [0.2, 0.25) is 0 Å². The topological polar surface area (TPSA) is 63.2 Å². The SMILES string of the molecule is CC(C(=O)NCC1CCCCC1)S(=O)(=O)Cc1ccccc1F. The monoisotopic (exact) mass is 341 g/mol. The normalized spacial score (nSPS) is 17.7. The van der Waals surface area contributed by atoms with E-state index in [0.29, 0.717) is 12.5 Å². The van der Waals surface area contributed by atoms with Gasteiger partial charge in [-0.25, -0.2) is 12.8 Å². The number of halogens is 1. The van der Waals surface area contributed by atoms with Crippen LogP contribution >= 0.6 is 0 Å². The second-order valence-electron chi connectivity index (χ2n) is 6.29. The van der Waals surface area contributed by atoms with Gasteiger partial charge in [0.05, 0.1) is 5.75 Å². The zero-order chi connectivity index (χ0) is 16.9. The molecule has 1 unspecified atom stereocenters. The van der Waals surface area contributed by atoms with E-state index < -0.39 is 32.6 Å². The van der Waals surface area contributed by atoms with Crippen molar-refractivity contribution in [3.63, 3.8) is 0 Å². The minimum absolute atomic E-state index is 0.0967. The maximum atomic E-state index is 13.6. The van der Waals surface area contributed by atoms with Crippen LogP contribution in [0.1, 0.15) is 44.6 Å². The fraction of sp³-hybridized carbons (Fsp3) is 0.588. The summed E-state index contributed by atoms with van der Waals surface area (Å²) in [5, 5.41) is 1.57. The van der Waals surface area contributed by atoms with E-state index in [4.69, 9.17) is 0 Å². The van der Waals surface area contributed by atoms with Gasteiger partial charge in [0.15, 0.2) is 9.84 Å². The van der Waals surface area contributed by atoms with Crippen molar-refractivity contribution in [1.82, 2.24) is 5.32 Å². The lowest BCUT2D eigenvalue weighted by molar-refractivity contribution is -0.120. The molecule has 1 saturated carbocycles. The molecule has 1 amide bonds. The first-order valence-corrected chi connectivity index (χ1v) is 9.84. The van der Waals surface area contributed by atoms with Crippen molar-refractivity contribution in [2.75, 3.05) is 6.54 Å². The van der Waals surface area contributed by atoms with Crippen LogP contribution in [-0.2, 0) is 20.4 Å². The summed E-state index contributed by atoms with van der Waals surface area (Å²) < 4.78 is 38.2. The predicted molar refractivity (Wildman–Crippen MR) is 88.1 cm³/mol. The average Bonchev–Trinajstić information content (AvgIpc) is 2.55. The van der Waals surface area contributed by atoms with Crippen molar-refractivity contribution in [3.8, 4) is 0 Å². The van der Waals surface area contributed by atoms with Crippen LogP contribution in [0.5, 0.6) is 0 Å². The van der Waals surface area contributed by atoms with Crippen LogP contribution in [0.15, 0.2) is 24.3 Å². The Kier molecular flexibility index (Phi) is 6.16. The molecule has 0 bridgehead atoms. The average molecular weight is 341 g/mol. The minimum atomic E-state index is -3.74. The van der Waals surface area contributed by atoms with Gasteiger partial charge in [-0.05, 0) is 31.7 Å². The van der Waals surface area contributed by atoms with E-state index in [9.17, 15) is 17.6 Å². The highest BCUT2D eigenvalue weighted by Crippen LogP contribution is 2.23. The van der Waals surface area contributed by atoms with E-state index in [0.717, 1.165) is 12.8 Å². The van der Waals surface area contributed by atoms with E-state index in [2.05, 4.69) is 5.32 Å². The Morgan fingerprint density at radius 2 is 1.91 bits per heavy atom. The molecule has 2 rings (SSSR count).